The number of hydrogen-bond acceptors (Lipinski definition) is 4. The quantitative estimate of drug-likeness (QED) is 0.737. The summed E-state index contributed by atoms with van der Waals surface area (Å²) in [5, 5.41) is 0. The highest BCUT2D eigenvalue weighted by molar-refractivity contribution is 7.89. The highest BCUT2D eigenvalue weighted by Gasteiger charge is 2.28. The molecule has 160 valence electrons. The normalized spacial score (nSPS) is 16.7. The van der Waals surface area contributed by atoms with E-state index >= 15 is 0 Å². The number of hydrogen-bond donors (Lipinski definition) is 1. The van der Waals surface area contributed by atoms with E-state index in [4.69, 9.17) is 0 Å². The molecular weight excluding hydrogens is 398 g/mol. The number of amides is 1. The fraction of sp³-hybridized carbons (Fsp3) is 0.348. The van der Waals surface area contributed by atoms with Gasteiger partial charge in [0, 0.05) is 32.7 Å². The molecule has 3 rings (SSSR count). The van der Waals surface area contributed by atoms with E-state index in [2.05, 4.69) is 33.9 Å². The van der Waals surface area contributed by atoms with Gasteiger partial charge in [0.15, 0.2) is 0 Å². The minimum absolute atomic E-state index is 0.169. The number of carbonyl (C=O) groups excluding carboxylic acids is 1. The molecule has 1 saturated heterocycles. The van der Waals surface area contributed by atoms with Crippen LogP contribution in [-0.2, 0) is 14.8 Å². The van der Waals surface area contributed by atoms with Crippen LogP contribution in [0.3, 0.4) is 0 Å². The maximum Gasteiger partial charge on any atom is 0.241 e. The van der Waals surface area contributed by atoms with Gasteiger partial charge in [-0.25, -0.2) is 8.42 Å². The fourth-order valence-corrected chi connectivity index (χ4v) is 4.59. The first-order chi connectivity index (χ1) is 14.3. The number of aryl methyl sites for hydroxylation is 1. The van der Waals surface area contributed by atoms with Crippen LogP contribution < -0.4 is 4.72 Å². The molecule has 30 heavy (non-hydrogen) atoms. The van der Waals surface area contributed by atoms with Crippen LogP contribution in [0.2, 0.25) is 0 Å². The topological polar surface area (TPSA) is 69.7 Å². The Morgan fingerprint density at radius 3 is 2.30 bits per heavy atom. The van der Waals surface area contributed by atoms with Crippen LogP contribution in [-0.4, -0.2) is 62.9 Å². The van der Waals surface area contributed by atoms with E-state index in [1.54, 1.807) is 36.1 Å². The first-order valence-corrected chi connectivity index (χ1v) is 11.7. The Morgan fingerprint density at radius 1 is 1.03 bits per heavy atom. The molecule has 0 aliphatic carbocycles. The zero-order chi connectivity index (χ0) is 21.6. The molecule has 1 atom stereocenters. The van der Waals surface area contributed by atoms with Crippen LogP contribution in [0, 0.1) is 6.92 Å². The van der Waals surface area contributed by atoms with Gasteiger partial charge in [0.1, 0.15) is 0 Å². The number of carbonyl (C=O) groups is 1. The summed E-state index contributed by atoms with van der Waals surface area (Å²) in [6, 6.07) is 15.9. The molecule has 1 fully saturated rings. The Balaban J connectivity index is 1.48. The van der Waals surface area contributed by atoms with Crippen LogP contribution in [0.25, 0.3) is 6.08 Å². The molecular formula is C23H29N3O3S. The molecule has 1 N–H and O–H groups in total. The van der Waals surface area contributed by atoms with Gasteiger partial charge in [0.25, 0.3) is 0 Å². The molecule has 6 nitrogen and oxygen atoms in total. The van der Waals surface area contributed by atoms with Crippen molar-refractivity contribution < 1.29 is 13.2 Å². The lowest BCUT2D eigenvalue weighted by molar-refractivity contribution is -0.134. The Kier molecular flexibility index (Phi) is 7.42. The minimum atomic E-state index is -3.73. The first kappa shape index (κ1) is 22.2. The molecule has 0 spiro atoms. The SMILES string of the molecule is Cc1ccc(S(=O)(=O)N[C@H](C)C(=O)N2CCN(C/C=C/c3ccccc3)CC2)cc1. The summed E-state index contributed by atoms with van der Waals surface area (Å²) in [7, 11) is -3.73. The third-order valence-electron chi connectivity index (χ3n) is 5.19. The summed E-state index contributed by atoms with van der Waals surface area (Å²) in [5.41, 5.74) is 2.15. The van der Waals surface area contributed by atoms with Gasteiger partial charge >= 0.3 is 0 Å². The average Bonchev–Trinajstić information content (AvgIpc) is 2.74. The maximum atomic E-state index is 12.7. The molecule has 0 saturated carbocycles. The lowest BCUT2D eigenvalue weighted by atomic mass is 10.2. The van der Waals surface area contributed by atoms with E-state index in [1.807, 2.05) is 25.1 Å². The van der Waals surface area contributed by atoms with Crippen molar-refractivity contribution in [3.63, 3.8) is 0 Å². The highest BCUT2D eigenvalue weighted by atomic mass is 32.2. The van der Waals surface area contributed by atoms with Gasteiger partial charge < -0.3 is 4.90 Å². The smallest absolute Gasteiger partial charge is 0.241 e. The third-order valence-corrected chi connectivity index (χ3v) is 6.75. The molecule has 1 aliphatic heterocycles. The van der Waals surface area contributed by atoms with Gasteiger partial charge in [-0.15, -0.1) is 0 Å². The third kappa shape index (κ3) is 6.01. The molecule has 0 radical (unpaired) electrons. The first-order valence-electron chi connectivity index (χ1n) is 10.2. The van der Waals surface area contributed by atoms with Gasteiger partial charge in [0.05, 0.1) is 10.9 Å². The molecule has 0 unspecified atom stereocenters. The molecule has 7 heteroatoms. The Morgan fingerprint density at radius 2 is 1.67 bits per heavy atom. The molecule has 1 amide bonds. The van der Waals surface area contributed by atoms with Crippen LogP contribution in [0.5, 0.6) is 0 Å². The Bertz CT molecular complexity index is 965. The van der Waals surface area contributed by atoms with Crippen LogP contribution in [0.4, 0.5) is 0 Å². The standard InChI is InChI=1S/C23H29N3O3S/c1-19-10-12-22(13-11-19)30(28,29)24-20(2)23(27)26-17-15-25(16-18-26)14-6-9-21-7-4-3-5-8-21/h3-13,20,24H,14-18H2,1-2H3/b9-6+/t20-/m1/s1. The minimum Gasteiger partial charge on any atom is -0.339 e. The largest absolute Gasteiger partial charge is 0.339 e. The summed E-state index contributed by atoms with van der Waals surface area (Å²) < 4.78 is 27.6. The van der Waals surface area contributed by atoms with E-state index in [0.29, 0.717) is 13.1 Å². The van der Waals surface area contributed by atoms with E-state index in [0.717, 1.165) is 25.2 Å². The monoisotopic (exact) mass is 427 g/mol. The van der Waals surface area contributed by atoms with Crippen LogP contribution in [0.15, 0.2) is 65.6 Å². The molecule has 2 aromatic rings. The summed E-state index contributed by atoms with van der Waals surface area (Å²) in [6.45, 7) is 7.04. The van der Waals surface area contributed by atoms with E-state index < -0.39 is 16.1 Å². The zero-order valence-electron chi connectivity index (χ0n) is 17.5. The van der Waals surface area contributed by atoms with Crippen molar-refractivity contribution in [2.75, 3.05) is 32.7 Å². The van der Waals surface area contributed by atoms with Crippen molar-refractivity contribution in [3.05, 3.63) is 71.8 Å². The number of piperazine rings is 1. The number of rotatable bonds is 7. The van der Waals surface area contributed by atoms with Crippen molar-refractivity contribution in [2.45, 2.75) is 24.8 Å². The predicted octanol–water partition coefficient (Wildman–Crippen LogP) is 2.52. The van der Waals surface area contributed by atoms with E-state index in [-0.39, 0.29) is 10.8 Å². The van der Waals surface area contributed by atoms with Crippen LogP contribution >= 0.6 is 0 Å². The highest BCUT2D eigenvalue weighted by Crippen LogP contribution is 2.12. The molecule has 1 heterocycles. The maximum absolute atomic E-state index is 12.7. The Hall–Kier alpha value is -2.48. The van der Waals surface area contributed by atoms with E-state index in [9.17, 15) is 13.2 Å². The zero-order valence-corrected chi connectivity index (χ0v) is 18.3. The molecule has 0 bridgehead atoms. The van der Waals surface area contributed by atoms with Crippen LogP contribution in [0.1, 0.15) is 18.1 Å². The average molecular weight is 428 g/mol. The van der Waals surface area contributed by atoms with Crippen molar-refractivity contribution >= 4 is 22.0 Å². The summed E-state index contributed by atoms with van der Waals surface area (Å²) in [4.78, 5) is 16.9. The van der Waals surface area contributed by atoms with Crippen molar-refractivity contribution in [1.82, 2.24) is 14.5 Å². The van der Waals surface area contributed by atoms with Crippen molar-refractivity contribution in [1.29, 1.82) is 0 Å². The summed E-state index contributed by atoms with van der Waals surface area (Å²) in [5.74, 6) is -0.190. The van der Waals surface area contributed by atoms with Crippen molar-refractivity contribution in [3.8, 4) is 0 Å². The predicted molar refractivity (Wildman–Crippen MR) is 119 cm³/mol. The molecule has 0 aromatic heterocycles. The second-order valence-corrected chi connectivity index (χ2v) is 9.31. The number of sulfonamides is 1. The van der Waals surface area contributed by atoms with Gasteiger partial charge in [-0.2, -0.15) is 4.72 Å². The number of nitrogens with one attached hydrogen (secondary N) is 1. The fourth-order valence-electron chi connectivity index (χ4n) is 3.40. The van der Waals surface area contributed by atoms with E-state index in [1.165, 1.54) is 5.56 Å². The lowest BCUT2D eigenvalue weighted by Gasteiger charge is -2.35. The lowest BCUT2D eigenvalue weighted by Crippen LogP contribution is -2.54. The number of nitrogens with zero attached hydrogens (tertiary/aromatic N) is 2. The Labute approximate surface area is 179 Å². The van der Waals surface area contributed by atoms with Gasteiger partial charge in [0.2, 0.25) is 15.9 Å². The second-order valence-electron chi connectivity index (χ2n) is 7.59. The van der Waals surface area contributed by atoms with Gasteiger partial charge in [-0.05, 0) is 31.5 Å². The van der Waals surface area contributed by atoms with Gasteiger partial charge in [-0.1, -0.05) is 60.2 Å². The van der Waals surface area contributed by atoms with Crippen molar-refractivity contribution in [2.24, 2.45) is 0 Å². The number of benzene rings is 2. The molecule has 1 aliphatic rings. The summed E-state index contributed by atoms with van der Waals surface area (Å²) in [6.07, 6.45) is 4.23. The van der Waals surface area contributed by atoms with Gasteiger partial charge in [-0.3, -0.25) is 9.69 Å². The summed E-state index contributed by atoms with van der Waals surface area (Å²) >= 11 is 0. The second kappa shape index (κ2) is 10.0. The molecule has 2 aromatic carbocycles.